The molecule has 2 amide bonds. The largest absolute Gasteiger partial charge is 0.323 e. The molecule has 5 heteroatoms. The number of hydrogen-bond donors (Lipinski definition) is 2. The van der Waals surface area contributed by atoms with Crippen molar-refractivity contribution in [1.29, 1.82) is 0 Å². The number of carbonyl (C=O) groups is 1. The van der Waals surface area contributed by atoms with Crippen LogP contribution in [0.3, 0.4) is 0 Å². The number of urea groups is 1. The molecule has 2 aromatic carbocycles. The fourth-order valence-electron chi connectivity index (χ4n) is 2.15. The molecular weight excluding hydrogens is 331 g/mol. The van der Waals surface area contributed by atoms with Crippen LogP contribution in [-0.4, -0.2) is 6.03 Å². The normalized spacial score (nSPS) is 11.2. The van der Waals surface area contributed by atoms with Crippen molar-refractivity contribution in [2.24, 2.45) is 0 Å². The molecule has 2 rings (SSSR count). The Labute approximate surface area is 147 Å². The first kappa shape index (κ1) is 17.6. The molecule has 0 aromatic heterocycles. The Balaban J connectivity index is 2.13. The highest BCUT2D eigenvalue weighted by Crippen LogP contribution is 2.30. The number of halogens is 2. The zero-order valence-corrected chi connectivity index (χ0v) is 15.1. The molecule has 2 N–H and O–H groups in total. The SMILES string of the molecule is Cc1cc(C(C)(C)C)ccc1NC(=O)Nc1cccc(Cl)c1Cl. The molecule has 0 unspecified atom stereocenters. The molecule has 0 aliphatic heterocycles. The van der Waals surface area contributed by atoms with Gasteiger partial charge in [0.25, 0.3) is 0 Å². The highest BCUT2D eigenvalue weighted by atomic mass is 35.5. The number of rotatable bonds is 2. The monoisotopic (exact) mass is 350 g/mol. The number of amides is 2. The van der Waals surface area contributed by atoms with E-state index in [-0.39, 0.29) is 11.4 Å². The molecule has 0 saturated heterocycles. The van der Waals surface area contributed by atoms with E-state index < -0.39 is 0 Å². The van der Waals surface area contributed by atoms with E-state index >= 15 is 0 Å². The second-order valence-electron chi connectivity index (χ2n) is 6.46. The van der Waals surface area contributed by atoms with Crippen LogP contribution in [-0.2, 0) is 5.41 Å². The number of anilines is 2. The first-order valence-corrected chi connectivity index (χ1v) is 8.07. The number of aryl methyl sites for hydroxylation is 1. The van der Waals surface area contributed by atoms with Crippen LogP contribution >= 0.6 is 23.2 Å². The van der Waals surface area contributed by atoms with Crippen molar-refractivity contribution in [1.82, 2.24) is 0 Å². The Morgan fingerprint density at radius 1 is 1.00 bits per heavy atom. The molecule has 3 nitrogen and oxygen atoms in total. The predicted molar refractivity (Wildman–Crippen MR) is 99.0 cm³/mol. The lowest BCUT2D eigenvalue weighted by molar-refractivity contribution is 0.262. The van der Waals surface area contributed by atoms with Crippen molar-refractivity contribution >= 4 is 40.6 Å². The molecule has 2 aromatic rings. The first-order chi connectivity index (χ1) is 10.7. The summed E-state index contributed by atoms with van der Waals surface area (Å²) in [7, 11) is 0. The maximum Gasteiger partial charge on any atom is 0.323 e. The molecular formula is C18H20Cl2N2O. The Morgan fingerprint density at radius 3 is 2.26 bits per heavy atom. The van der Waals surface area contributed by atoms with Gasteiger partial charge in [-0.25, -0.2) is 4.79 Å². The number of nitrogens with one attached hydrogen (secondary N) is 2. The maximum absolute atomic E-state index is 12.2. The molecule has 0 atom stereocenters. The first-order valence-electron chi connectivity index (χ1n) is 7.31. The molecule has 0 fully saturated rings. The van der Waals surface area contributed by atoms with Gasteiger partial charge in [0.2, 0.25) is 0 Å². The van der Waals surface area contributed by atoms with Gasteiger partial charge in [0.1, 0.15) is 0 Å². The Hall–Kier alpha value is -1.71. The Bertz CT molecular complexity index is 736. The number of benzene rings is 2. The minimum Gasteiger partial charge on any atom is -0.307 e. The summed E-state index contributed by atoms with van der Waals surface area (Å²) in [4.78, 5) is 12.2. The lowest BCUT2D eigenvalue weighted by atomic mass is 9.86. The van der Waals surface area contributed by atoms with Gasteiger partial charge < -0.3 is 10.6 Å². The molecule has 23 heavy (non-hydrogen) atoms. The fourth-order valence-corrected chi connectivity index (χ4v) is 2.49. The average molecular weight is 351 g/mol. The van der Waals surface area contributed by atoms with E-state index in [1.54, 1.807) is 18.2 Å². The summed E-state index contributed by atoms with van der Waals surface area (Å²) in [5.74, 6) is 0. The van der Waals surface area contributed by atoms with E-state index in [0.29, 0.717) is 15.7 Å². The summed E-state index contributed by atoms with van der Waals surface area (Å²) >= 11 is 12.0. The highest BCUT2D eigenvalue weighted by molar-refractivity contribution is 6.44. The van der Waals surface area contributed by atoms with Crippen LogP contribution in [0.4, 0.5) is 16.2 Å². The molecule has 0 aliphatic carbocycles. The summed E-state index contributed by atoms with van der Waals surface area (Å²) in [5.41, 5.74) is 3.53. The van der Waals surface area contributed by atoms with Crippen molar-refractivity contribution < 1.29 is 4.79 Å². The summed E-state index contributed by atoms with van der Waals surface area (Å²) in [6.07, 6.45) is 0. The molecule has 0 aliphatic rings. The third kappa shape index (κ3) is 4.40. The molecule has 0 saturated carbocycles. The van der Waals surface area contributed by atoms with Gasteiger partial charge in [0, 0.05) is 5.69 Å². The molecule has 0 spiro atoms. The second-order valence-corrected chi connectivity index (χ2v) is 7.25. The molecule has 0 heterocycles. The third-order valence-electron chi connectivity index (χ3n) is 3.54. The second kappa shape index (κ2) is 6.81. The van der Waals surface area contributed by atoms with Gasteiger partial charge in [-0.2, -0.15) is 0 Å². The van der Waals surface area contributed by atoms with Crippen molar-refractivity contribution in [2.45, 2.75) is 33.1 Å². The third-order valence-corrected chi connectivity index (χ3v) is 4.36. The highest BCUT2D eigenvalue weighted by Gasteiger charge is 2.15. The van der Waals surface area contributed by atoms with Crippen LogP contribution < -0.4 is 10.6 Å². The lowest BCUT2D eigenvalue weighted by Crippen LogP contribution is -2.20. The van der Waals surface area contributed by atoms with Gasteiger partial charge >= 0.3 is 6.03 Å². The topological polar surface area (TPSA) is 41.1 Å². The van der Waals surface area contributed by atoms with Crippen LogP contribution in [0, 0.1) is 6.92 Å². The van der Waals surface area contributed by atoms with E-state index in [2.05, 4.69) is 37.5 Å². The zero-order chi connectivity index (χ0) is 17.2. The fraction of sp³-hybridized carbons (Fsp3) is 0.278. The quantitative estimate of drug-likeness (QED) is 0.660. The van der Waals surface area contributed by atoms with Gasteiger partial charge in [-0.1, -0.05) is 62.2 Å². The summed E-state index contributed by atoms with van der Waals surface area (Å²) in [6, 6.07) is 10.8. The molecule has 0 radical (unpaired) electrons. The van der Waals surface area contributed by atoms with Crippen molar-refractivity contribution in [3.8, 4) is 0 Å². The molecule has 122 valence electrons. The Morgan fingerprint density at radius 2 is 1.65 bits per heavy atom. The van der Waals surface area contributed by atoms with Crippen molar-refractivity contribution in [2.75, 3.05) is 10.6 Å². The lowest BCUT2D eigenvalue weighted by Gasteiger charge is -2.20. The smallest absolute Gasteiger partial charge is 0.307 e. The summed E-state index contributed by atoms with van der Waals surface area (Å²) in [5, 5.41) is 6.26. The van der Waals surface area contributed by atoms with Gasteiger partial charge in [0.05, 0.1) is 15.7 Å². The van der Waals surface area contributed by atoms with Gasteiger partial charge in [-0.3, -0.25) is 0 Å². The summed E-state index contributed by atoms with van der Waals surface area (Å²) < 4.78 is 0. The van der Waals surface area contributed by atoms with Crippen LogP contribution in [0.1, 0.15) is 31.9 Å². The number of hydrogen-bond acceptors (Lipinski definition) is 1. The molecule has 0 bridgehead atoms. The maximum atomic E-state index is 12.2. The minimum atomic E-state index is -0.360. The van der Waals surface area contributed by atoms with Crippen LogP contribution in [0.15, 0.2) is 36.4 Å². The van der Waals surface area contributed by atoms with Crippen molar-refractivity contribution in [3.63, 3.8) is 0 Å². The van der Waals surface area contributed by atoms with Gasteiger partial charge in [0.15, 0.2) is 0 Å². The number of carbonyl (C=O) groups excluding carboxylic acids is 1. The van der Waals surface area contributed by atoms with E-state index in [1.807, 2.05) is 19.1 Å². The van der Waals surface area contributed by atoms with E-state index in [9.17, 15) is 4.79 Å². The van der Waals surface area contributed by atoms with Crippen LogP contribution in [0.5, 0.6) is 0 Å². The van der Waals surface area contributed by atoms with E-state index in [1.165, 1.54) is 5.56 Å². The standard InChI is InChI=1S/C18H20Cl2N2O/c1-11-10-12(18(2,3)4)8-9-14(11)21-17(23)22-15-7-5-6-13(19)16(15)20/h5-10H,1-4H3,(H2,21,22,23). The Kier molecular flexibility index (Phi) is 5.23. The predicted octanol–water partition coefficient (Wildman–Crippen LogP) is 6.24. The van der Waals surface area contributed by atoms with E-state index in [0.717, 1.165) is 11.3 Å². The average Bonchev–Trinajstić information content (AvgIpc) is 2.45. The van der Waals surface area contributed by atoms with Gasteiger partial charge in [-0.15, -0.1) is 0 Å². The van der Waals surface area contributed by atoms with Gasteiger partial charge in [-0.05, 0) is 41.7 Å². The minimum absolute atomic E-state index is 0.0693. The van der Waals surface area contributed by atoms with Crippen molar-refractivity contribution in [3.05, 3.63) is 57.6 Å². The van der Waals surface area contributed by atoms with E-state index in [4.69, 9.17) is 23.2 Å². The van der Waals surface area contributed by atoms with Crippen LogP contribution in [0.25, 0.3) is 0 Å². The van der Waals surface area contributed by atoms with Crippen LogP contribution in [0.2, 0.25) is 10.0 Å². The zero-order valence-electron chi connectivity index (χ0n) is 13.6. The summed E-state index contributed by atoms with van der Waals surface area (Å²) in [6.45, 7) is 8.44.